The zero-order valence-corrected chi connectivity index (χ0v) is 24.4. The van der Waals surface area contributed by atoms with Gasteiger partial charge in [-0.25, -0.2) is 4.98 Å². The van der Waals surface area contributed by atoms with Crippen molar-refractivity contribution in [2.45, 2.75) is 50.0 Å². The summed E-state index contributed by atoms with van der Waals surface area (Å²) in [6.07, 6.45) is 8.09. The van der Waals surface area contributed by atoms with Gasteiger partial charge < -0.3 is 14.0 Å². The third-order valence-electron chi connectivity index (χ3n) is 9.14. The SMILES string of the molecule is COc1ccc(C2(Cc3ccncc3)C(=O)c3ccc(OCc4ccccc4)cc3C2=O)c2c1nc(C1CCCC1)n2C. The molecule has 7 heteroatoms. The summed E-state index contributed by atoms with van der Waals surface area (Å²) in [4.78, 5) is 38.7. The number of hydrogen-bond donors (Lipinski definition) is 0. The van der Waals surface area contributed by atoms with Crippen LogP contribution in [0.25, 0.3) is 11.0 Å². The standard InChI is InChI=1S/C36H33N3O4/c1-39-32-29(14-15-30(42-2)31(32)38-35(39)25-10-6-7-11-25)36(21-23-16-18-37-19-17-23)33(40)27-13-12-26(20-28(27)34(36)41)43-22-24-8-4-3-5-9-24/h3-5,8-9,12-20,25H,6-7,10-11,21-22H2,1-2H3. The van der Waals surface area contributed by atoms with E-state index in [-0.39, 0.29) is 18.0 Å². The first kappa shape index (κ1) is 27.1. The summed E-state index contributed by atoms with van der Waals surface area (Å²) in [5.74, 6) is 2.04. The van der Waals surface area contributed by atoms with Crippen molar-refractivity contribution < 1.29 is 19.1 Å². The Kier molecular flexibility index (Phi) is 6.80. The number of methoxy groups -OCH3 is 1. The maximum Gasteiger partial charge on any atom is 0.182 e. The number of ether oxygens (including phenoxy) is 2. The molecule has 2 aromatic heterocycles. The lowest BCUT2D eigenvalue weighted by Crippen LogP contribution is -2.41. The molecular weight excluding hydrogens is 538 g/mol. The van der Waals surface area contributed by atoms with Crippen LogP contribution in [-0.4, -0.2) is 33.2 Å². The normalized spacial score (nSPS) is 18.4. The number of fused-ring (bicyclic) bond motifs is 2. The topological polar surface area (TPSA) is 83.3 Å². The molecule has 1 unspecified atom stereocenters. The van der Waals surface area contributed by atoms with Gasteiger partial charge in [-0.2, -0.15) is 0 Å². The van der Waals surface area contributed by atoms with Gasteiger partial charge in [-0.05, 0) is 66.8 Å². The van der Waals surface area contributed by atoms with Crippen molar-refractivity contribution in [3.8, 4) is 11.5 Å². The highest BCUT2D eigenvalue weighted by Gasteiger charge is 2.55. The smallest absolute Gasteiger partial charge is 0.182 e. The van der Waals surface area contributed by atoms with Gasteiger partial charge in [0.25, 0.3) is 0 Å². The van der Waals surface area contributed by atoms with Gasteiger partial charge in [0.2, 0.25) is 0 Å². The lowest BCUT2D eigenvalue weighted by atomic mass is 9.71. The molecule has 0 saturated heterocycles. The number of aromatic nitrogens is 3. The van der Waals surface area contributed by atoms with Crippen molar-refractivity contribution in [1.29, 1.82) is 0 Å². The number of benzene rings is 3. The van der Waals surface area contributed by atoms with Crippen LogP contribution < -0.4 is 9.47 Å². The Morgan fingerprint density at radius 1 is 0.884 bits per heavy atom. The quantitative estimate of drug-likeness (QED) is 0.191. The van der Waals surface area contributed by atoms with Gasteiger partial charge in [-0.1, -0.05) is 49.2 Å². The van der Waals surface area contributed by atoms with Gasteiger partial charge in [0.15, 0.2) is 11.6 Å². The number of imidazole rings is 1. The Morgan fingerprint density at radius 3 is 2.37 bits per heavy atom. The Labute approximate surface area is 250 Å². The van der Waals surface area contributed by atoms with E-state index in [0.29, 0.717) is 46.2 Å². The highest BCUT2D eigenvalue weighted by Crippen LogP contribution is 2.47. The molecule has 0 radical (unpaired) electrons. The van der Waals surface area contributed by atoms with Crippen molar-refractivity contribution in [2.24, 2.45) is 7.05 Å². The van der Waals surface area contributed by atoms with Crippen molar-refractivity contribution in [2.75, 3.05) is 7.11 Å². The van der Waals surface area contributed by atoms with Crippen LogP contribution in [0.4, 0.5) is 0 Å². The van der Waals surface area contributed by atoms with Gasteiger partial charge in [-0.15, -0.1) is 0 Å². The predicted molar refractivity (Wildman–Crippen MR) is 164 cm³/mol. The van der Waals surface area contributed by atoms with Crippen LogP contribution in [0.1, 0.15) is 74.8 Å². The van der Waals surface area contributed by atoms with Crippen LogP contribution in [0.3, 0.4) is 0 Å². The molecule has 7 nitrogen and oxygen atoms in total. The van der Waals surface area contributed by atoms with Crippen LogP contribution in [0.2, 0.25) is 0 Å². The third-order valence-corrected chi connectivity index (χ3v) is 9.14. The first-order valence-corrected chi connectivity index (χ1v) is 14.8. The van der Waals surface area contributed by atoms with E-state index in [1.807, 2.05) is 61.6 Å². The zero-order chi connectivity index (χ0) is 29.6. The molecule has 1 atom stereocenters. The summed E-state index contributed by atoms with van der Waals surface area (Å²) in [5, 5.41) is 0. The Morgan fingerprint density at radius 2 is 1.63 bits per heavy atom. The second kappa shape index (κ2) is 10.8. The highest BCUT2D eigenvalue weighted by atomic mass is 16.5. The number of carbonyl (C=O) groups is 2. The number of nitrogens with zero attached hydrogens (tertiary/aromatic N) is 3. The summed E-state index contributed by atoms with van der Waals surface area (Å²) in [7, 11) is 3.63. The van der Waals surface area contributed by atoms with Gasteiger partial charge in [0, 0.05) is 42.0 Å². The molecule has 2 aliphatic rings. The summed E-state index contributed by atoms with van der Waals surface area (Å²) < 4.78 is 13.9. The van der Waals surface area contributed by atoms with E-state index < -0.39 is 5.41 Å². The number of ketones is 2. The molecule has 0 spiro atoms. The number of Topliss-reactive ketones (excluding diaryl/α,β-unsaturated/α-hetero) is 2. The minimum absolute atomic E-state index is 0.202. The average molecular weight is 572 g/mol. The van der Waals surface area contributed by atoms with Crippen molar-refractivity contribution in [3.05, 3.63) is 119 Å². The fraction of sp³-hybridized carbons (Fsp3) is 0.278. The van der Waals surface area contributed by atoms with E-state index in [2.05, 4.69) is 9.55 Å². The first-order chi connectivity index (χ1) is 21.0. The molecular formula is C36H33N3O4. The van der Waals surface area contributed by atoms with Crippen molar-refractivity contribution >= 4 is 22.6 Å². The molecule has 7 rings (SSSR count). The minimum atomic E-state index is -1.48. The van der Waals surface area contributed by atoms with Crippen molar-refractivity contribution in [1.82, 2.24) is 14.5 Å². The van der Waals surface area contributed by atoms with Crippen LogP contribution >= 0.6 is 0 Å². The number of rotatable bonds is 8. The maximum absolute atomic E-state index is 14.8. The fourth-order valence-corrected chi connectivity index (χ4v) is 6.98. The van der Waals surface area contributed by atoms with E-state index in [0.717, 1.165) is 35.3 Å². The Bertz CT molecular complexity index is 1840. The molecule has 3 aromatic carbocycles. The van der Waals surface area contributed by atoms with E-state index >= 15 is 0 Å². The van der Waals surface area contributed by atoms with Gasteiger partial charge >= 0.3 is 0 Å². The molecule has 216 valence electrons. The maximum atomic E-state index is 14.8. The fourth-order valence-electron chi connectivity index (χ4n) is 6.98. The lowest BCUT2D eigenvalue weighted by Gasteiger charge is -2.28. The molecule has 1 fully saturated rings. The molecule has 2 aliphatic carbocycles. The summed E-state index contributed by atoms with van der Waals surface area (Å²) in [6.45, 7) is 0.363. The lowest BCUT2D eigenvalue weighted by molar-refractivity contribution is 0.0793. The molecule has 0 bridgehead atoms. The number of hydrogen-bond acceptors (Lipinski definition) is 6. The number of carbonyl (C=O) groups excluding carboxylic acids is 2. The van der Waals surface area contributed by atoms with E-state index in [1.165, 1.54) is 12.8 Å². The zero-order valence-electron chi connectivity index (χ0n) is 24.4. The number of aryl methyl sites for hydroxylation is 1. The molecule has 43 heavy (non-hydrogen) atoms. The van der Waals surface area contributed by atoms with Gasteiger partial charge in [0.05, 0.1) is 12.6 Å². The van der Waals surface area contributed by atoms with E-state index in [9.17, 15) is 9.59 Å². The van der Waals surface area contributed by atoms with Crippen LogP contribution in [0, 0.1) is 0 Å². The largest absolute Gasteiger partial charge is 0.494 e. The summed E-state index contributed by atoms with van der Waals surface area (Å²) >= 11 is 0. The second-order valence-electron chi connectivity index (χ2n) is 11.6. The van der Waals surface area contributed by atoms with E-state index in [1.54, 1.807) is 37.7 Å². The van der Waals surface area contributed by atoms with E-state index in [4.69, 9.17) is 14.5 Å². The molecule has 2 heterocycles. The van der Waals surface area contributed by atoms with Crippen LogP contribution in [0.5, 0.6) is 11.5 Å². The summed E-state index contributed by atoms with van der Waals surface area (Å²) in [6, 6.07) is 22.6. The van der Waals surface area contributed by atoms with Gasteiger partial charge in [0.1, 0.15) is 34.9 Å². The Balaban J connectivity index is 1.39. The molecule has 1 saturated carbocycles. The highest BCUT2D eigenvalue weighted by molar-refractivity contribution is 6.34. The van der Waals surface area contributed by atoms with Crippen LogP contribution in [0.15, 0.2) is 85.2 Å². The monoisotopic (exact) mass is 571 g/mol. The van der Waals surface area contributed by atoms with Crippen LogP contribution in [-0.2, 0) is 25.5 Å². The molecule has 0 N–H and O–H groups in total. The third kappa shape index (κ3) is 4.42. The second-order valence-corrected chi connectivity index (χ2v) is 11.6. The molecule has 0 amide bonds. The first-order valence-electron chi connectivity index (χ1n) is 14.8. The average Bonchev–Trinajstić information content (AvgIpc) is 3.75. The van der Waals surface area contributed by atoms with Crippen molar-refractivity contribution in [3.63, 3.8) is 0 Å². The summed E-state index contributed by atoms with van der Waals surface area (Å²) in [5.41, 5.74) is 3.29. The molecule has 5 aromatic rings. The molecule has 0 aliphatic heterocycles. The van der Waals surface area contributed by atoms with Gasteiger partial charge in [-0.3, -0.25) is 14.6 Å². The number of pyridine rings is 1. The Hall–Kier alpha value is -4.78. The predicted octanol–water partition coefficient (Wildman–Crippen LogP) is 6.77. The minimum Gasteiger partial charge on any atom is -0.494 e.